The maximum absolute atomic E-state index is 12.9. The van der Waals surface area contributed by atoms with Crippen LogP contribution in [-0.4, -0.2) is 23.1 Å². The van der Waals surface area contributed by atoms with E-state index >= 15 is 0 Å². The predicted octanol–water partition coefficient (Wildman–Crippen LogP) is 6.75. The van der Waals surface area contributed by atoms with E-state index in [1.165, 1.54) is 0 Å². The van der Waals surface area contributed by atoms with Gasteiger partial charge in [-0.3, -0.25) is 10.1 Å². The highest BCUT2D eigenvalue weighted by Crippen LogP contribution is 2.51. The first-order valence-electron chi connectivity index (χ1n) is 11.8. The summed E-state index contributed by atoms with van der Waals surface area (Å²) in [4.78, 5) is 16.2. The van der Waals surface area contributed by atoms with Crippen molar-refractivity contribution in [2.45, 2.75) is 18.1 Å². The minimum atomic E-state index is -1.06. The largest absolute Gasteiger partial charge is 0.497 e. The zero-order valence-electron chi connectivity index (χ0n) is 19.6. The molecule has 2 heterocycles. The molecule has 0 saturated heterocycles. The van der Waals surface area contributed by atoms with E-state index in [9.17, 15) is 10.1 Å². The minimum Gasteiger partial charge on any atom is -0.497 e. The van der Waals surface area contributed by atoms with Gasteiger partial charge >= 0.3 is 0 Å². The van der Waals surface area contributed by atoms with Gasteiger partial charge in [0.2, 0.25) is 0 Å². The number of nitrogens with zero attached hydrogens (tertiary/aromatic N) is 1. The molecule has 1 N–H and O–H groups in total. The second-order valence-corrected chi connectivity index (χ2v) is 8.93. The maximum atomic E-state index is 12.9. The van der Waals surface area contributed by atoms with Crippen LogP contribution >= 0.6 is 0 Å². The van der Waals surface area contributed by atoms with Gasteiger partial charge in [0.25, 0.3) is 6.04 Å². The van der Waals surface area contributed by atoms with E-state index in [2.05, 4.69) is 4.98 Å². The Morgan fingerprint density at radius 3 is 2.31 bits per heavy atom. The fourth-order valence-corrected chi connectivity index (χ4v) is 5.35. The monoisotopic (exact) mass is 476 g/mol. The first-order valence-corrected chi connectivity index (χ1v) is 11.8. The molecule has 0 radical (unpaired) electrons. The third kappa shape index (κ3) is 3.58. The number of ether oxygens (including phenoxy) is 2. The number of rotatable bonds is 5. The summed E-state index contributed by atoms with van der Waals surface area (Å²) in [5, 5.41) is 13.8. The molecule has 5 aromatic rings. The fraction of sp³-hybridized carbons (Fsp3) is 0.133. The molecule has 1 aliphatic rings. The van der Waals surface area contributed by atoms with Crippen LogP contribution in [0.5, 0.6) is 11.5 Å². The molecule has 0 fully saturated rings. The van der Waals surface area contributed by atoms with E-state index in [0.717, 1.165) is 38.9 Å². The summed E-state index contributed by atoms with van der Waals surface area (Å²) in [6, 6.07) is 31.9. The topological polar surface area (TPSA) is 77.4 Å². The number of methoxy groups -OCH3 is 1. The second-order valence-electron chi connectivity index (χ2n) is 8.93. The molecule has 36 heavy (non-hydrogen) atoms. The highest BCUT2D eigenvalue weighted by Gasteiger charge is 2.50. The van der Waals surface area contributed by atoms with Crippen LogP contribution < -0.4 is 9.47 Å². The minimum absolute atomic E-state index is 0.193. The molecule has 0 aliphatic carbocycles. The number of aromatic amines is 1. The quantitative estimate of drug-likeness (QED) is 0.225. The van der Waals surface area contributed by atoms with E-state index in [1.54, 1.807) is 7.11 Å². The summed E-state index contributed by atoms with van der Waals surface area (Å²) < 4.78 is 11.9. The molecule has 4 aromatic carbocycles. The number of para-hydroxylation sites is 1. The summed E-state index contributed by atoms with van der Waals surface area (Å²) in [7, 11) is 1.60. The Labute approximate surface area is 208 Å². The van der Waals surface area contributed by atoms with Gasteiger partial charge in [-0.1, -0.05) is 78.9 Å². The molecule has 1 aliphatic heterocycles. The molecule has 3 atom stereocenters. The van der Waals surface area contributed by atoms with Crippen molar-refractivity contribution in [2.75, 3.05) is 7.11 Å². The van der Waals surface area contributed by atoms with E-state index in [-0.39, 0.29) is 4.92 Å². The van der Waals surface area contributed by atoms with Gasteiger partial charge in [-0.05, 0) is 35.4 Å². The number of nitro groups is 1. The number of fused-ring (bicyclic) bond motifs is 2. The van der Waals surface area contributed by atoms with Crippen LogP contribution in [0.1, 0.15) is 28.7 Å². The van der Waals surface area contributed by atoms with Crippen molar-refractivity contribution in [3.05, 3.63) is 130 Å². The standard InChI is InChI=1S/C30H24N2O4/c1-35-21-16-17-25-23(18-21)27(29(32(33)34)30(36-25)20-12-6-3-7-13-20)26-22-14-8-9-15-24(22)31-28(26)19-10-4-2-5-11-19/h2-18,27,29-31H,1H3/t27-,29-,30-/m0/s1. The molecular formula is C30H24N2O4. The molecule has 0 saturated carbocycles. The zero-order valence-corrected chi connectivity index (χ0v) is 19.6. The van der Waals surface area contributed by atoms with Gasteiger partial charge in [-0.25, -0.2) is 0 Å². The van der Waals surface area contributed by atoms with Gasteiger partial charge in [-0.15, -0.1) is 0 Å². The number of benzene rings is 4. The second kappa shape index (κ2) is 8.89. The van der Waals surface area contributed by atoms with Crippen LogP contribution in [0.25, 0.3) is 22.2 Å². The van der Waals surface area contributed by atoms with Crippen LogP contribution in [0.4, 0.5) is 0 Å². The molecule has 0 bridgehead atoms. The zero-order chi connectivity index (χ0) is 24.6. The van der Waals surface area contributed by atoms with Crippen LogP contribution in [0.15, 0.2) is 103 Å². The number of aromatic nitrogens is 1. The lowest BCUT2D eigenvalue weighted by atomic mass is 9.77. The summed E-state index contributed by atoms with van der Waals surface area (Å²) in [6.45, 7) is 0. The van der Waals surface area contributed by atoms with E-state index < -0.39 is 18.1 Å². The number of hydrogen-bond donors (Lipinski definition) is 1. The average Bonchev–Trinajstić information content (AvgIpc) is 3.32. The predicted molar refractivity (Wildman–Crippen MR) is 139 cm³/mol. The van der Waals surface area contributed by atoms with Crippen molar-refractivity contribution < 1.29 is 14.4 Å². The van der Waals surface area contributed by atoms with Crippen molar-refractivity contribution in [2.24, 2.45) is 0 Å². The lowest BCUT2D eigenvalue weighted by Crippen LogP contribution is -2.40. The molecule has 6 nitrogen and oxygen atoms in total. The SMILES string of the molecule is COc1ccc2c(c1)[C@@H](c1c(-c3ccccc3)[nH]c3ccccc13)[C@H]([N+](=O)[O-])[C@H](c1ccccc1)O2. The smallest absolute Gasteiger partial charge is 0.264 e. The number of hydrogen-bond acceptors (Lipinski definition) is 4. The van der Waals surface area contributed by atoms with Crippen LogP contribution in [0.2, 0.25) is 0 Å². The van der Waals surface area contributed by atoms with Crippen LogP contribution in [0, 0.1) is 10.1 Å². The molecule has 6 heteroatoms. The maximum Gasteiger partial charge on any atom is 0.264 e. The Morgan fingerprint density at radius 2 is 1.58 bits per heavy atom. The van der Waals surface area contributed by atoms with Crippen molar-refractivity contribution in [3.63, 3.8) is 0 Å². The highest BCUT2D eigenvalue weighted by molar-refractivity contribution is 5.92. The normalized spacial score (nSPS) is 18.9. The van der Waals surface area contributed by atoms with Gasteiger partial charge in [0.1, 0.15) is 11.5 Å². The van der Waals surface area contributed by atoms with Gasteiger partial charge in [0, 0.05) is 27.0 Å². The van der Waals surface area contributed by atoms with Gasteiger partial charge < -0.3 is 14.5 Å². The Hall–Kier alpha value is -4.58. The fourth-order valence-electron chi connectivity index (χ4n) is 5.35. The lowest BCUT2D eigenvalue weighted by Gasteiger charge is -2.35. The van der Waals surface area contributed by atoms with Crippen molar-refractivity contribution in [1.82, 2.24) is 4.98 Å². The van der Waals surface area contributed by atoms with Crippen molar-refractivity contribution >= 4 is 10.9 Å². The third-order valence-electron chi connectivity index (χ3n) is 6.95. The molecule has 6 rings (SSSR count). The lowest BCUT2D eigenvalue weighted by molar-refractivity contribution is -0.538. The Kier molecular flexibility index (Phi) is 5.41. The van der Waals surface area contributed by atoms with E-state index in [4.69, 9.17) is 9.47 Å². The van der Waals surface area contributed by atoms with Crippen LogP contribution in [-0.2, 0) is 0 Å². The highest BCUT2D eigenvalue weighted by atomic mass is 16.6. The molecule has 0 spiro atoms. The molecule has 0 amide bonds. The Bertz CT molecular complexity index is 1550. The summed E-state index contributed by atoms with van der Waals surface area (Å²) >= 11 is 0. The molecule has 0 unspecified atom stereocenters. The van der Waals surface area contributed by atoms with E-state index in [0.29, 0.717) is 11.5 Å². The first kappa shape index (κ1) is 21.9. The number of nitrogens with one attached hydrogen (secondary N) is 1. The summed E-state index contributed by atoms with van der Waals surface area (Å²) in [5.41, 5.74) is 5.17. The molecular weight excluding hydrogens is 452 g/mol. The summed E-state index contributed by atoms with van der Waals surface area (Å²) in [6.07, 6.45) is -0.760. The molecule has 178 valence electrons. The average molecular weight is 477 g/mol. The first-order chi connectivity index (χ1) is 17.7. The Balaban J connectivity index is 1.68. The van der Waals surface area contributed by atoms with Crippen molar-refractivity contribution in [3.8, 4) is 22.8 Å². The van der Waals surface area contributed by atoms with Gasteiger partial charge in [0.15, 0.2) is 6.10 Å². The van der Waals surface area contributed by atoms with Crippen molar-refractivity contribution in [1.29, 1.82) is 0 Å². The third-order valence-corrected chi connectivity index (χ3v) is 6.95. The Morgan fingerprint density at radius 1 is 0.889 bits per heavy atom. The van der Waals surface area contributed by atoms with E-state index in [1.807, 2.05) is 103 Å². The summed E-state index contributed by atoms with van der Waals surface area (Å²) in [5.74, 6) is 0.663. The van der Waals surface area contributed by atoms with Gasteiger partial charge in [0.05, 0.1) is 18.7 Å². The number of H-pyrrole nitrogens is 1. The molecule has 1 aromatic heterocycles. The van der Waals surface area contributed by atoms with Gasteiger partial charge in [-0.2, -0.15) is 0 Å². The van der Waals surface area contributed by atoms with Crippen LogP contribution in [0.3, 0.4) is 0 Å².